The van der Waals surface area contributed by atoms with Gasteiger partial charge in [0.05, 0.1) is 24.9 Å². The monoisotopic (exact) mass is 625 g/mol. The largest absolute Gasteiger partial charge is 0.462 e. The van der Waals surface area contributed by atoms with E-state index in [1.807, 2.05) is 42.5 Å². The van der Waals surface area contributed by atoms with Gasteiger partial charge in [-0.3, -0.25) is 0 Å². The molecule has 1 aliphatic carbocycles. The van der Waals surface area contributed by atoms with Crippen LogP contribution in [0.25, 0.3) is 0 Å². The molecule has 5 nitrogen and oxygen atoms in total. The molecule has 4 aromatic carbocycles. The predicted octanol–water partition coefficient (Wildman–Crippen LogP) is 5.54. The molecule has 0 amide bonds. The van der Waals surface area contributed by atoms with Gasteiger partial charge in [-0.1, -0.05) is 112 Å². The van der Waals surface area contributed by atoms with E-state index in [1.54, 1.807) is 36.4 Å². The van der Waals surface area contributed by atoms with E-state index in [4.69, 9.17) is 9.16 Å². The fraction of sp³-hybridized carbons (Fsp3) is 0.342. The third-order valence-electron chi connectivity index (χ3n) is 9.43. The minimum atomic E-state index is -1.77. The lowest BCUT2D eigenvalue weighted by atomic mass is 9.54. The van der Waals surface area contributed by atoms with Gasteiger partial charge in [0, 0.05) is 17.4 Å². The molecule has 4 aromatic rings. The van der Waals surface area contributed by atoms with Gasteiger partial charge in [0.2, 0.25) is 0 Å². The number of carbonyl (C=O) groups is 1. The van der Waals surface area contributed by atoms with Crippen molar-refractivity contribution >= 4 is 25.4 Å². The lowest BCUT2D eigenvalue weighted by molar-refractivity contribution is -0.0699. The molecule has 0 spiro atoms. The van der Waals surface area contributed by atoms with Gasteiger partial charge in [0.15, 0.2) is 0 Å². The van der Waals surface area contributed by atoms with Crippen LogP contribution in [0.5, 0.6) is 0 Å². The molecule has 0 aliphatic heterocycles. The number of aliphatic hydroxyl groups excluding tert-OH is 2. The van der Waals surface area contributed by atoms with Crippen molar-refractivity contribution in [2.24, 2.45) is 16.7 Å². The summed E-state index contributed by atoms with van der Waals surface area (Å²) in [4.78, 5) is 13.1. The molecule has 0 saturated heterocycles. The highest BCUT2D eigenvalue weighted by Crippen LogP contribution is 2.63. The Hall–Kier alpha value is -3.62. The Kier molecular flexibility index (Phi) is 10.0. The molecule has 0 bridgehead atoms. The number of esters is 1. The predicted molar refractivity (Wildman–Crippen MR) is 176 cm³/mol. The molecule has 5 rings (SSSR count). The lowest BCUT2D eigenvalue weighted by Crippen LogP contribution is -2.56. The van der Waals surface area contributed by atoms with Crippen LogP contribution in [0.4, 0.5) is 4.39 Å². The van der Waals surface area contributed by atoms with Gasteiger partial charge in [-0.2, -0.15) is 0 Å². The number of carbonyl (C=O) groups excluding carboxylic acids is 1. The zero-order valence-corrected chi connectivity index (χ0v) is 27.2. The van der Waals surface area contributed by atoms with Crippen LogP contribution in [-0.2, 0) is 14.6 Å². The number of benzene rings is 4. The summed E-state index contributed by atoms with van der Waals surface area (Å²) in [7, 11) is -1.77. The Morgan fingerprint density at radius 2 is 1.40 bits per heavy atom. The van der Waals surface area contributed by atoms with Crippen LogP contribution in [0.15, 0.2) is 115 Å². The van der Waals surface area contributed by atoms with Crippen LogP contribution in [-0.4, -0.2) is 51.1 Å². The van der Waals surface area contributed by atoms with E-state index < -0.39 is 37.4 Å². The summed E-state index contributed by atoms with van der Waals surface area (Å²) in [5, 5.41) is 25.4. The molecule has 1 aliphatic rings. The fourth-order valence-corrected chi connectivity index (χ4v) is 9.69. The van der Waals surface area contributed by atoms with Crippen LogP contribution < -0.4 is 10.4 Å². The van der Waals surface area contributed by atoms with Crippen molar-refractivity contribution in [1.29, 1.82) is 0 Å². The van der Waals surface area contributed by atoms with E-state index in [9.17, 15) is 19.4 Å². The lowest BCUT2D eigenvalue weighted by Gasteiger charge is -2.52. The van der Waals surface area contributed by atoms with Crippen molar-refractivity contribution < 1.29 is 28.6 Å². The van der Waals surface area contributed by atoms with Gasteiger partial charge in [-0.05, 0) is 64.4 Å². The Labute approximate surface area is 267 Å². The van der Waals surface area contributed by atoms with Crippen molar-refractivity contribution in [1.82, 2.24) is 0 Å². The first-order valence-corrected chi connectivity index (χ1v) is 16.9. The highest BCUT2D eigenvalue weighted by Gasteiger charge is 2.66. The third kappa shape index (κ3) is 6.68. The van der Waals surface area contributed by atoms with Gasteiger partial charge >= 0.3 is 5.97 Å². The molecule has 0 heterocycles. The molecule has 2 N–H and O–H groups in total. The average molecular weight is 626 g/mol. The molecule has 1 fully saturated rings. The first-order valence-electron chi connectivity index (χ1n) is 15.5. The standard InChI is InChI=1S/C38H42FO5Si/c1-36(2,3)34-33(41)25-38(26-40,29-19-21-30(39)22-20-29)37(34,23-24-43-35(42)28-13-7-4-8-14-28)27-44-45(31-15-9-5-10-16-31)32-17-11-6-12-18-32/h4-22,33-34,40-41H,23-27H2,1-3H3. The summed E-state index contributed by atoms with van der Waals surface area (Å²) in [5.41, 5.74) is -1.14. The summed E-state index contributed by atoms with van der Waals surface area (Å²) in [5.74, 6) is -1.17. The summed E-state index contributed by atoms with van der Waals surface area (Å²) in [6.45, 7) is 6.21. The van der Waals surface area contributed by atoms with E-state index in [0.29, 0.717) is 12.0 Å². The first kappa shape index (κ1) is 32.8. The molecule has 235 valence electrons. The number of rotatable bonds is 11. The van der Waals surface area contributed by atoms with E-state index in [-0.39, 0.29) is 38.0 Å². The van der Waals surface area contributed by atoms with E-state index in [1.165, 1.54) is 12.1 Å². The number of halogens is 1. The van der Waals surface area contributed by atoms with Crippen molar-refractivity contribution in [2.75, 3.05) is 19.8 Å². The minimum Gasteiger partial charge on any atom is -0.462 e. The van der Waals surface area contributed by atoms with Crippen LogP contribution in [0.1, 0.15) is 49.5 Å². The van der Waals surface area contributed by atoms with Gasteiger partial charge in [-0.15, -0.1) is 0 Å². The van der Waals surface area contributed by atoms with Crippen LogP contribution >= 0.6 is 0 Å². The zero-order chi connectivity index (χ0) is 32.1. The maximum Gasteiger partial charge on any atom is 0.338 e. The number of ether oxygens (including phenoxy) is 1. The van der Waals surface area contributed by atoms with Crippen LogP contribution in [0, 0.1) is 22.6 Å². The van der Waals surface area contributed by atoms with Crippen molar-refractivity contribution in [3.05, 3.63) is 132 Å². The fourth-order valence-electron chi connectivity index (χ4n) is 7.63. The van der Waals surface area contributed by atoms with Gasteiger partial charge < -0.3 is 19.4 Å². The summed E-state index contributed by atoms with van der Waals surface area (Å²) < 4.78 is 27.2. The maximum absolute atomic E-state index is 14.2. The Morgan fingerprint density at radius 3 is 1.91 bits per heavy atom. The topological polar surface area (TPSA) is 76.0 Å². The van der Waals surface area contributed by atoms with Crippen LogP contribution in [0.3, 0.4) is 0 Å². The highest BCUT2D eigenvalue weighted by atomic mass is 28.3. The molecule has 4 unspecified atom stereocenters. The third-order valence-corrected chi connectivity index (χ3v) is 11.6. The molecule has 1 saturated carbocycles. The number of hydrogen-bond acceptors (Lipinski definition) is 5. The molecule has 0 aromatic heterocycles. The van der Waals surface area contributed by atoms with Crippen LogP contribution in [0.2, 0.25) is 0 Å². The Morgan fingerprint density at radius 1 is 0.867 bits per heavy atom. The SMILES string of the molecule is CC(C)(C)C1C(O)CC(CO)(c2ccc(F)cc2)C1(CCOC(=O)c1ccccc1)CO[Si](c1ccccc1)c1ccccc1. The number of aliphatic hydroxyl groups is 2. The second-order valence-electron chi connectivity index (χ2n) is 13.1. The van der Waals surface area contributed by atoms with Crippen molar-refractivity contribution in [3.8, 4) is 0 Å². The summed E-state index contributed by atoms with van der Waals surface area (Å²) >= 11 is 0. The van der Waals surface area contributed by atoms with Gasteiger partial charge in [0.1, 0.15) is 5.82 Å². The molecular weight excluding hydrogens is 583 g/mol. The average Bonchev–Trinajstić information content (AvgIpc) is 3.31. The molecular formula is C38H42FO5Si. The zero-order valence-electron chi connectivity index (χ0n) is 26.2. The highest BCUT2D eigenvalue weighted by molar-refractivity contribution is 6.80. The minimum absolute atomic E-state index is 0.0537. The molecule has 1 radical (unpaired) electrons. The maximum atomic E-state index is 14.2. The van der Waals surface area contributed by atoms with Gasteiger partial charge in [-0.25, -0.2) is 9.18 Å². The normalized spacial score (nSPS) is 23.3. The Bertz CT molecular complexity index is 1490. The van der Waals surface area contributed by atoms with Gasteiger partial charge in [0.25, 0.3) is 9.04 Å². The second kappa shape index (κ2) is 13.8. The van der Waals surface area contributed by atoms with E-state index >= 15 is 0 Å². The van der Waals surface area contributed by atoms with E-state index in [2.05, 4.69) is 45.0 Å². The molecule has 7 heteroatoms. The summed E-state index contributed by atoms with van der Waals surface area (Å²) in [6, 6.07) is 35.3. The smallest absolute Gasteiger partial charge is 0.338 e. The molecule has 4 atom stereocenters. The molecule has 45 heavy (non-hydrogen) atoms. The van der Waals surface area contributed by atoms with Crippen molar-refractivity contribution in [2.45, 2.75) is 45.1 Å². The second-order valence-corrected chi connectivity index (χ2v) is 15.2. The quantitative estimate of drug-likeness (QED) is 0.169. The first-order chi connectivity index (χ1) is 21.6. The Balaban J connectivity index is 1.62. The van der Waals surface area contributed by atoms with E-state index in [0.717, 1.165) is 15.9 Å². The number of hydrogen-bond donors (Lipinski definition) is 2. The summed E-state index contributed by atoms with van der Waals surface area (Å²) in [6.07, 6.45) is -0.215. The van der Waals surface area contributed by atoms with Crippen molar-refractivity contribution in [3.63, 3.8) is 0 Å².